The van der Waals surface area contributed by atoms with Crippen molar-refractivity contribution in [1.29, 1.82) is 0 Å². The summed E-state index contributed by atoms with van der Waals surface area (Å²) in [6.45, 7) is 1.13. The Labute approximate surface area is 141 Å². The standard InChI is InChI=1S/C20H20N2O2/c1-24-14-15-7-9-18(10-8-15)20(23)22-13-11-17-5-2-4-16-6-3-12-21-19(16)17/h2-10,12H,11,13-14H2,1H3,(H,22,23). The molecule has 0 aliphatic heterocycles. The maximum absolute atomic E-state index is 12.2. The lowest BCUT2D eigenvalue weighted by Gasteiger charge is -2.08. The van der Waals surface area contributed by atoms with E-state index in [-0.39, 0.29) is 5.91 Å². The molecule has 0 bridgehead atoms. The van der Waals surface area contributed by atoms with E-state index in [0.717, 1.165) is 28.5 Å². The number of rotatable bonds is 6. The fraction of sp³-hybridized carbons (Fsp3) is 0.200. The molecule has 1 N–H and O–H groups in total. The average molecular weight is 320 g/mol. The van der Waals surface area contributed by atoms with Crippen molar-refractivity contribution in [1.82, 2.24) is 10.3 Å². The minimum absolute atomic E-state index is 0.0628. The first-order valence-electron chi connectivity index (χ1n) is 7.96. The van der Waals surface area contributed by atoms with Crippen molar-refractivity contribution in [2.75, 3.05) is 13.7 Å². The molecule has 0 aliphatic carbocycles. The van der Waals surface area contributed by atoms with Crippen molar-refractivity contribution >= 4 is 16.8 Å². The monoisotopic (exact) mass is 320 g/mol. The summed E-state index contributed by atoms with van der Waals surface area (Å²) < 4.78 is 5.07. The number of fused-ring (bicyclic) bond motifs is 1. The number of carbonyl (C=O) groups excluding carboxylic acids is 1. The summed E-state index contributed by atoms with van der Waals surface area (Å²) in [7, 11) is 1.66. The zero-order chi connectivity index (χ0) is 16.8. The minimum Gasteiger partial charge on any atom is -0.380 e. The molecule has 0 unspecified atom stereocenters. The number of nitrogens with one attached hydrogen (secondary N) is 1. The Hall–Kier alpha value is -2.72. The van der Waals surface area contributed by atoms with Crippen LogP contribution in [0, 0.1) is 0 Å². The number of para-hydroxylation sites is 1. The maximum atomic E-state index is 12.2. The van der Waals surface area contributed by atoms with Crippen LogP contribution in [-0.2, 0) is 17.8 Å². The lowest BCUT2D eigenvalue weighted by molar-refractivity contribution is 0.0954. The van der Waals surface area contributed by atoms with E-state index in [1.165, 1.54) is 0 Å². The van der Waals surface area contributed by atoms with E-state index in [9.17, 15) is 4.79 Å². The summed E-state index contributed by atoms with van der Waals surface area (Å²) in [5, 5.41) is 4.09. The van der Waals surface area contributed by atoms with Gasteiger partial charge in [-0.05, 0) is 35.7 Å². The van der Waals surface area contributed by atoms with Crippen molar-refractivity contribution in [2.45, 2.75) is 13.0 Å². The fourth-order valence-electron chi connectivity index (χ4n) is 2.70. The molecule has 0 saturated carbocycles. The van der Waals surface area contributed by atoms with Crippen LogP contribution in [0.5, 0.6) is 0 Å². The molecule has 0 saturated heterocycles. The molecule has 24 heavy (non-hydrogen) atoms. The fourth-order valence-corrected chi connectivity index (χ4v) is 2.70. The van der Waals surface area contributed by atoms with Gasteiger partial charge in [-0.15, -0.1) is 0 Å². The highest BCUT2D eigenvalue weighted by Gasteiger charge is 2.06. The third kappa shape index (κ3) is 3.78. The number of aromatic nitrogens is 1. The highest BCUT2D eigenvalue weighted by Crippen LogP contribution is 2.16. The Morgan fingerprint density at radius 3 is 2.67 bits per heavy atom. The van der Waals surface area contributed by atoms with E-state index in [1.807, 2.05) is 48.5 Å². The number of pyridine rings is 1. The van der Waals surface area contributed by atoms with Gasteiger partial charge in [0.2, 0.25) is 0 Å². The van der Waals surface area contributed by atoms with Crippen LogP contribution in [0.25, 0.3) is 10.9 Å². The Kier molecular flexibility index (Phi) is 5.18. The third-order valence-electron chi connectivity index (χ3n) is 3.92. The van der Waals surface area contributed by atoms with Gasteiger partial charge in [0, 0.05) is 30.8 Å². The van der Waals surface area contributed by atoms with Crippen LogP contribution in [0.1, 0.15) is 21.5 Å². The number of ether oxygens (including phenoxy) is 1. The van der Waals surface area contributed by atoms with Crippen LogP contribution in [0.2, 0.25) is 0 Å². The second kappa shape index (κ2) is 7.70. The van der Waals surface area contributed by atoms with E-state index >= 15 is 0 Å². The van der Waals surface area contributed by atoms with Gasteiger partial charge in [-0.3, -0.25) is 9.78 Å². The molecule has 0 radical (unpaired) electrons. The van der Waals surface area contributed by atoms with Gasteiger partial charge in [-0.25, -0.2) is 0 Å². The van der Waals surface area contributed by atoms with Gasteiger partial charge in [-0.1, -0.05) is 36.4 Å². The quantitative estimate of drug-likeness (QED) is 0.758. The van der Waals surface area contributed by atoms with Crippen LogP contribution >= 0.6 is 0 Å². The Balaban J connectivity index is 1.60. The number of nitrogens with zero attached hydrogens (tertiary/aromatic N) is 1. The lowest BCUT2D eigenvalue weighted by Crippen LogP contribution is -2.25. The van der Waals surface area contributed by atoms with Gasteiger partial charge in [0.05, 0.1) is 12.1 Å². The number of amides is 1. The van der Waals surface area contributed by atoms with Gasteiger partial charge in [0.25, 0.3) is 5.91 Å². The Bertz CT molecular complexity index is 823. The largest absolute Gasteiger partial charge is 0.380 e. The van der Waals surface area contributed by atoms with E-state index in [1.54, 1.807) is 13.3 Å². The highest BCUT2D eigenvalue weighted by molar-refractivity contribution is 5.94. The van der Waals surface area contributed by atoms with Gasteiger partial charge in [-0.2, -0.15) is 0 Å². The molecule has 1 aromatic heterocycles. The van der Waals surface area contributed by atoms with Crippen molar-refractivity contribution in [3.63, 3.8) is 0 Å². The number of benzene rings is 2. The van der Waals surface area contributed by atoms with Gasteiger partial charge in [0.1, 0.15) is 0 Å². The molecule has 3 rings (SSSR count). The van der Waals surface area contributed by atoms with Gasteiger partial charge < -0.3 is 10.1 Å². The molecule has 0 fully saturated rings. The molecule has 122 valence electrons. The highest BCUT2D eigenvalue weighted by atomic mass is 16.5. The first-order chi connectivity index (χ1) is 11.8. The molecule has 0 aliphatic rings. The van der Waals surface area contributed by atoms with Crippen molar-refractivity contribution < 1.29 is 9.53 Å². The van der Waals surface area contributed by atoms with Crippen LogP contribution in [0.4, 0.5) is 0 Å². The van der Waals surface area contributed by atoms with E-state index in [0.29, 0.717) is 18.7 Å². The zero-order valence-electron chi connectivity index (χ0n) is 13.7. The molecular weight excluding hydrogens is 300 g/mol. The second-order valence-corrected chi connectivity index (χ2v) is 5.63. The molecule has 3 aromatic rings. The van der Waals surface area contributed by atoms with Gasteiger partial charge >= 0.3 is 0 Å². The summed E-state index contributed by atoms with van der Waals surface area (Å²) in [5.41, 5.74) is 3.85. The average Bonchev–Trinajstić information content (AvgIpc) is 2.63. The van der Waals surface area contributed by atoms with Crippen LogP contribution < -0.4 is 5.32 Å². The number of carbonyl (C=O) groups is 1. The molecule has 1 heterocycles. The van der Waals surface area contributed by atoms with Crippen LogP contribution in [0.15, 0.2) is 60.8 Å². The summed E-state index contributed by atoms with van der Waals surface area (Å²) in [6, 6.07) is 17.6. The smallest absolute Gasteiger partial charge is 0.251 e. The topological polar surface area (TPSA) is 51.2 Å². The van der Waals surface area contributed by atoms with E-state index in [4.69, 9.17) is 4.74 Å². The predicted molar refractivity (Wildman–Crippen MR) is 94.9 cm³/mol. The second-order valence-electron chi connectivity index (χ2n) is 5.63. The van der Waals surface area contributed by atoms with Crippen LogP contribution in [-0.4, -0.2) is 24.5 Å². The molecule has 4 nitrogen and oxygen atoms in total. The zero-order valence-corrected chi connectivity index (χ0v) is 13.7. The summed E-state index contributed by atoms with van der Waals surface area (Å²) >= 11 is 0. The lowest BCUT2D eigenvalue weighted by atomic mass is 10.1. The number of hydrogen-bond donors (Lipinski definition) is 1. The molecule has 4 heteroatoms. The first kappa shape index (κ1) is 16.1. The van der Waals surface area contributed by atoms with Gasteiger partial charge in [0.15, 0.2) is 0 Å². The maximum Gasteiger partial charge on any atom is 0.251 e. The summed E-state index contributed by atoms with van der Waals surface area (Å²) in [5.74, 6) is -0.0628. The number of hydrogen-bond acceptors (Lipinski definition) is 3. The molecule has 2 aromatic carbocycles. The summed E-state index contributed by atoms with van der Waals surface area (Å²) in [6.07, 6.45) is 2.55. The molecular formula is C20H20N2O2. The van der Waals surface area contributed by atoms with E-state index < -0.39 is 0 Å². The minimum atomic E-state index is -0.0628. The van der Waals surface area contributed by atoms with Crippen LogP contribution in [0.3, 0.4) is 0 Å². The predicted octanol–water partition coefficient (Wildman–Crippen LogP) is 3.35. The van der Waals surface area contributed by atoms with Crippen molar-refractivity contribution in [2.24, 2.45) is 0 Å². The van der Waals surface area contributed by atoms with Crippen molar-refractivity contribution in [3.05, 3.63) is 77.5 Å². The number of methoxy groups -OCH3 is 1. The third-order valence-corrected chi connectivity index (χ3v) is 3.92. The molecule has 0 atom stereocenters. The van der Waals surface area contributed by atoms with E-state index in [2.05, 4.69) is 16.4 Å². The normalized spacial score (nSPS) is 10.7. The summed E-state index contributed by atoms with van der Waals surface area (Å²) in [4.78, 5) is 16.6. The first-order valence-corrected chi connectivity index (χ1v) is 7.96. The Morgan fingerprint density at radius 1 is 1.08 bits per heavy atom. The molecule has 0 spiro atoms. The Morgan fingerprint density at radius 2 is 1.88 bits per heavy atom. The molecule has 1 amide bonds. The van der Waals surface area contributed by atoms with Crippen molar-refractivity contribution in [3.8, 4) is 0 Å². The SMILES string of the molecule is COCc1ccc(C(=O)NCCc2cccc3cccnc23)cc1.